The third-order valence-electron chi connectivity index (χ3n) is 6.10. The third kappa shape index (κ3) is 4.69. The van der Waals surface area contributed by atoms with E-state index in [9.17, 15) is 14.7 Å². The van der Waals surface area contributed by atoms with Crippen LogP contribution in [0.25, 0.3) is 5.69 Å². The van der Waals surface area contributed by atoms with Gasteiger partial charge in [0.25, 0.3) is 5.91 Å². The summed E-state index contributed by atoms with van der Waals surface area (Å²) in [4.78, 5) is 25.0. The van der Waals surface area contributed by atoms with Crippen LogP contribution < -0.4 is 5.43 Å². The lowest BCUT2D eigenvalue weighted by atomic mass is 9.85. The lowest BCUT2D eigenvalue weighted by Crippen LogP contribution is -2.43. The maximum Gasteiger partial charge on any atom is 0.337 e. The fraction of sp³-hybridized carbons (Fsp3) is 0.138. The number of aromatic nitrogens is 1. The van der Waals surface area contributed by atoms with Gasteiger partial charge in [-0.15, -0.1) is 0 Å². The van der Waals surface area contributed by atoms with Crippen LogP contribution in [0.5, 0.6) is 0 Å². The Morgan fingerprint density at radius 2 is 1.47 bits per heavy atom. The smallest absolute Gasteiger partial charge is 0.337 e. The van der Waals surface area contributed by atoms with E-state index >= 15 is 0 Å². The minimum absolute atomic E-state index is 0.392. The van der Waals surface area contributed by atoms with Gasteiger partial charge in [0.15, 0.2) is 5.60 Å². The van der Waals surface area contributed by atoms with Gasteiger partial charge in [-0.1, -0.05) is 60.7 Å². The maximum absolute atomic E-state index is 13.2. The largest absolute Gasteiger partial charge is 0.465 e. The van der Waals surface area contributed by atoms with Crippen molar-refractivity contribution in [2.75, 3.05) is 7.11 Å². The van der Waals surface area contributed by atoms with E-state index in [1.54, 1.807) is 66.9 Å². The minimum atomic E-state index is -1.90. The number of ether oxygens (including phenoxy) is 1. The molecule has 1 amide bonds. The molecule has 4 rings (SSSR count). The highest BCUT2D eigenvalue weighted by Gasteiger charge is 2.39. The zero-order valence-corrected chi connectivity index (χ0v) is 20.3. The molecule has 0 atom stereocenters. The van der Waals surface area contributed by atoms with Crippen molar-refractivity contribution in [1.29, 1.82) is 0 Å². The molecule has 7 nitrogen and oxygen atoms in total. The van der Waals surface area contributed by atoms with Crippen molar-refractivity contribution in [3.05, 3.63) is 125 Å². The zero-order chi connectivity index (χ0) is 25.7. The van der Waals surface area contributed by atoms with Gasteiger partial charge in [0.05, 0.1) is 18.9 Å². The molecule has 36 heavy (non-hydrogen) atoms. The number of aryl methyl sites for hydroxylation is 1. The standard InChI is InChI=1S/C29H27N3O4/c1-20-18-23(21(2)32(20)26-16-14-22(15-17-26)27(33)36-3)19-30-31-28(34)29(35,24-10-6-4-7-11-24)25-12-8-5-9-13-25/h4-19,35H,1-3H3,(H,31,34). The summed E-state index contributed by atoms with van der Waals surface area (Å²) in [5.41, 5.74) is 5.49. The van der Waals surface area contributed by atoms with E-state index in [0.29, 0.717) is 16.7 Å². The Kier molecular flexibility index (Phi) is 7.12. The quantitative estimate of drug-likeness (QED) is 0.234. The first kappa shape index (κ1) is 24.6. The highest BCUT2D eigenvalue weighted by molar-refractivity contribution is 5.91. The van der Waals surface area contributed by atoms with Crippen LogP contribution in [0.3, 0.4) is 0 Å². The molecule has 0 spiro atoms. The van der Waals surface area contributed by atoms with Crippen LogP contribution in [0, 0.1) is 13.8 Å². The van der Waals surface area contributed by atoms with Crippen LogP contribution in [0.2, 0.25) is 0 Å². The van der Waals surface area contributed by atoms with Crippen LogP contribution >= 0.6 is 0 Å². The summed E-state index contributed by atoms with van der Waals surface area (Å²) in [6, 6.07) is 26.6. The third-order valence-corrected chi connectivity index (χ3v) is 6.10. The molecule has 0 saturated heterocycles. The first-order valence-corrected chi connectivity index (χ1v) is 11.4. The molecule has 3 aromatic carbocycles. The van der Waals surface area contributed by atoms with Gasteiger partial charge in [-0.25, -0.2) is 10.2 Å². The number of rotatable bonds is 7. The highest BCUT2D eigenvalue weighted by Crippen LogP contribution is 2.30. The molecule has 7 heteroatoms. The van der Waals surface area contributed by atoms with E-state index in [0.717, 1.165) is 22.6 Å². The summed E-state index contributed by atoms with van der Waals surface area (Å²) in [6.45, 7) is 3.90. The van der Waals surface area contributed by atoms with E-state index in [1.165, 1.54) is 7.11 Å². The van der Waals surface area contributed by atoms with Crippen molar-refractivity contribution < 1.29 is 19.4 Å². The van der Waals surface area contributed by atoms with E-state index in [4.69, 9.17) is 4.74 Å². The molecule has 0 saturated carbocycles. The van der Waals surface area contributed by atoms with E-state index in [2.05, 4.69) is 10.5 Å². The number of hydrogen-bond donors (Lipinski definition) is 2. The fourth-order valence-corrected chi connectivity index (χ4v) is 4.21. The molecule has 1 aromatic heterocycles. The van der Waals surface area contributed by atoms with Gasteiger partial charge in [-0.05, 0) is 55.3 Å². The van der Waals surface area contributed by atoms with Crippen molar-refractivity contribution in [3.63, 3.8) is 0 Å². The molecule has 4 aromatic rings. The Morgan fingerprint density at radius 1 is 0.917 bits per heavy atom. The Bertz CT molecular complexity index is 1350. The molecule has 2 N–H and O–H groups in total. The number of methoxy groups -OCH3 is 1. The van der Waals surface area contributed by atoms with E-state index < -0.39 is 17.5 Å². The van der Waals surface area contributed by atoms with Crippen molar-refractivity contribution in [1.82, 2.24) is 9.99 Å². The SMILES string of the molecule is COC(=O)c1ccc(-n2c(C)cc(C=NNC(=O)C(O)(c3ccccc3)c3ccccc3)c2C)cc1. The number of benzene rings is 3. The van der Waals surface area contributed by atoms with E-state index in [-0.39, 0.29) is 0 Å². The van der Waals surface area contributed by atoms with Crippen LogP contribution in [0.4, 0.5) is 0 Å². The summed E-state index contributed by atoms with van der Waals surface area (Å²) in [7, 11) is 1.35. The Balaban J connectivity index is 1.58. The number of amides is 1. The number of nitrogens with one attached hydrogen (secondary N) is 1. The normalized spacial score (nSPS) is 11.4. The number of aliphatic hydroxyl groups is 1. The molecule has 0 radical (unpaired) electrons. The molecule has 0 unspecified atom stereocenters. The summed E-state index contributed by atoms with van der Waals surface area (Å²) in [5, 5.41) is 15.7. The Labute approximate surface area is 209 Å². The molecular weight excluding hydrogens is 454 g/mol. The summed E-state index contributed by atoms with van der Waals surface area (Å²) < 4.78 is 6.78. The number of hydrazone groups is 1. The number of carbonyl (C=O) groups is 2. The first-order chi connectivity index (χ1) is 17.4. The van der Waals surface area contributed by atoms with Crippen LogP contribution in [0.15, 0.2) is 96.1 Å². The lowest BCUT2D eigenvalue weighted by molar-refractivity contribution is -0.136. The second-order valence-electron chi connectivity index (χ2n) is 8.34. The van der Waals surface area contributed by atoms with Gasteiger partial charge in [0.1, 0.15) is 0 Å². The number of esters is 1. The van der Waals surface area contributed by atoms with Gasteiger partial charge < -0.3 is 14.4 Å². The average molecular weight is 482 g/mol. The predicted octanol–water partition coefficient (Wildman–Crippen LogP) is 4.27. The topological polar surface area (TPSA) is 92.9 Å². The monoisotopic (exact) mass is 481 g/mol. The maximum atomic E-state index is 13.2. The summed E-state index contributed by atoms with van der Waals surface area (Å²) in [5.74, 6) is -1.06. The molecule has 182 valence electrons. The van der Waals surface area contributed by atoms with Crippen molar-refractivity contribution in [2.45, 2.75) is 19.4 Å². The van der Waals surface area contributed by atoms with E-state index in [1.807, 2.05) is 48.7 Å². The molecule has 0 aliphatic heterocycles. The second-order valence-corrected chi connectivity index (χ2v) is 8.34. The lowest BCUT2D eigenvalue weighted by Gasteiger charge is -2.27. The predicted molar refractivity (Wildman–Crippen MR) is 138 cm³/mol. The van der Waals surface area contributed by atoms with Gasteiger partial charge in [0, 0.05) is 22.6 Å². The van der Waals surface area contributed by atoms with Crippen LogP contribution in [-0.4, -0.2) is 34.9 Å². The molecule has 0 aliphatic carbocycles. The van der Waals surface area contributed by atoms with Gasteiger partial charge in [-0.3, -0.25) is 4.79 Å². The Hall–Kier alpha value is -4.49. The molecule has 1 heterocycles. The summed E-state index contributed by atoms with van der Waals surface area (Å²) in [6.07, 6.45) is 1.55. The molecular formula is C29H27N3O4. The number of hydrogen-bond acceptors (Lipinski definition) is 5. The zero-order valence-electron chi connectivity index (χ0n) is 20.3. The average Bonchev–Trinajstić information content (AvgIpc) is 3.21. The molecule has 0 bridgehead atoms. The first-order valence-electron chi connectivity index (χ1n) is 11.4. The minimum Gasteiger partial charge on any atom is -0.465 e. The van der Waals surface area contributed by atoms with Crippen molar-refractivity contribution in [3.8, 4) is 5.69 Å². The number of nitrogens with zero attached hydrogens (tertiary/aromatic N) is 2. The molecule has 0 fully saturated rings. The highest BCUT2D eigenvalue weighted by atomic mass is 16.5. The summed E-state index contributed by atoms with van der Waals surface area (Å²) >= 11 is 0. The van der Waals surface area contributed by atoms with Crippen LogP contribution in [0.1, 0.15) is 38.4 Å². The van der Waals surface area contributed by atoms with Gasteiger partial charge in [0.2, 0.25) is 0 Å². The fourth-order valence-electron chi connectivity index (χ4n) is 4.21. The van der Waals surface area contributed by atoms with Gasteiger partial charge in [-0.2, -0.15) is 5.10 Å². The van der Waals surface area contributed by atoms with Crippen molar-refractivity contribution in [2.24, 2.45) is 5.10 Å². The van der Waals surface area contributed by atoms with Crippen LogP contribution in [-0.2, 0) is 15.1 Å². The van der Waals surface area contributed by atoms with Crippen molar-refractivity contribution >= 4 is 18.1 Å². The second kappa shape index (κ2) is 10.4. The number of carbonyl (C=O) groups excluding carboxylic acids is 2. The van der Waals surface area contributed by atoms with Gasteiger partial charge >= 0.3 is 5.97 Å². The Morgan fingerprint density at radius 3 is 2.00 bits per heavy atom. The molecule has 0 aliphatic rings.